The summed E-state index contributed by atoms with van der Waals surface area (Å²) in [6.45, 7) is 0. The standard InChI is InChI=1S/C14H11Cl2F2N/c1-19-14(8-5-9(15)7-10(16)6-8)11-3-2-4-12(17)13(11)18/h2-7,14,19H,1H3. The molecule has 1 atom stereocenters. The lowest BCUT2D eigenvalue weighted by Crippen LogP contribution is -2.19. The van der Waals surface area contributed by atoms with E-state index in [9.17, 15) is 8.78 Å². The van der Waals surface area contributed by atoms with Crippen LogP contribution in [0.15, 0.2) is 36.4 Å². The minimum absolute atomic E-state index is 0.209. The Hall–Kier alpha value is -1.16. The van der Waals surface area contributed by atoms with E-state index >= 15 is 0 Å². The van der Waals surface area contributed by atoms with E-state index in [0.29, 0.717) is 15.6 Å². The Bertz CT molecular complexity index is 582. The topological polar surface area (TPSA) is 12.0 Å². The van der Waals surface area contributed by atoms with Crippen LogP contribution in [0.5, 0.6) is 0 Å². The second kappa shape index (κ2) is 5.87. The van der Waals surface area contributed by atoms with Gasteiger partial charge in [0.2, 0.25) is 0 Å². The second-order valence-corrected chi connectivity index (χ2v) is 4.94. The molecule has 0 bridgehead atoms. The van der Waals surface area contributed by atoms with Crippen molar-refractivity contribution >= 4 is 23.2 Å². The van der Waals surface area contributed by atoms with Crippen molar-refractivity contribution < 1.29 is 8.78 Å². The zero-order chi connectivity index (χ0) is 14.0. The van der Waals surface area contributed by atoms with Gasteiger partial charge in [-0.25, -0.2) is 8.78 Å². The van der Waals surface area contributed by atoms with Gasteiger partial charge in [-0.15, -0.1) is 0 Å². The Morgan fingerprint density at radius 1 is 1.05 bits per heavy atom. The van der Waals surface area contributed by atoms with Crippen LogP contribution in [0.3, 0.4) is 0 Å². The van der Waals surface area contributed by atoms with Gasteiger partial charge in [0.1, 0.15) is 0 Å². The predicted octanol–water partition coefficient (Wildman–Crippen LogP) is 4.58. The molecule has 0 aliphatic rings. The summed E-state index contributed by atoms with van der Waals surface area (Å²) in [6.07, 6.45) is 0. The first-order chi connectivity index (χ1) is 9.02. The lowest BCUT2D eigenvalue weighted by Gasteiger charge is -2.18. The molecular weight excluding hydrogens is 291 g/mol. The van der Waals surface area contributed by atoms with E-state index in [1.54, 1.807) is 25.2 Å². The molecule has 2 aromatic carbocycles. The second-order valence-electron chi connectivity index (χ2n) is 4.07. The molecule has 1 N–H and O–H groups in total. The van der Waals surface area contributed by atoms with E-state index in [1.807, 2.05) is 0 Å². The van der Waals surface area contributed by atoms with Crippen LogP contribution in [0, 0.1) is 11.6 Å². The fraction of sp³-hybridized carbons (Fsp3) is 0.143. The minimum Gasteiger partial charge on any atom is -0.309 e. The first kappa shape index (κ1) is 14.3. The van der Waals surface area contributed by atoms with Crippen molar-refractivity contribution in [1.82, 2.24) is 5.32 Å². The SMILES string of the molecule is CNC(c1cc(Cl)cc(Cl)c1)c1cccc(F)c1F. The monoisotopic (exact) mass is 301 g/mol. The summed E-state index contributed by atoms with van der Waals surface area (Å²) in [5, 5.41) is 3.82. The summed E-state index contributed by atoms with van der Waals surface area (Å²) < 4.78 is 27.1. The first-order valence-corrected chi connectivity index (χ1v) is 6.35. The molecule has 0 aromatic heterocycles. The number of nitrogens with one attached hydrogen (secondary N) is 1. The molecule has 0 heterocycles. The molecule has 0 aliphatic carbocycles. The molecule has 2 aromatic rings. The maximum absolute atomic E-state index is 13.8. The predicted molar refractivity (Wildman–Crippen MR) is 73.7 cm³/mol. The Morgan fingerprint density at radius 3 is 2.26 bits per heavy atom. The Morgan fingerprint density at radius 2 is 1.68 bits per heavy atom. The van der Waals surface area contributed by atoms with Crippen LogP contribution >= 0.6 is 23.2 Å². The highest BCUT2D eigenvalue weighted by Gasteiger charge is 2.19. The van der Waals surface area contributed by atoms with Gasteiger partial charge in [0.15, 0.2) is 11.6 Å². The van der Waals surface area contributed by atoms with Crippen LogP contribution in [0.25, 0.3) is 0 Å². The molecule has 0 saturated heterocycles. The number of halogens is 4. The van der Waals surface area contributed by atoms with Gasteiger partial charge < -0.3 is 5.32 Å². The first-order valence-electron chi connectivity index (χ1n) is 5.60. The highest BCUT2D eigenvalue weighted by atomic mass is 35.5. The molecule has 1 nitrogen and oxygen atoms in total. The largest absolute Gasteiger partial charge is 0.309 e. The summed E-state index contributed by atoms with van der Waals surface area (Å²) >= 11 is 11.9. The van der Waals surface area contributed by atoms with E-state index in [1.165, 1.54) is 12.1 Å². The zero-order valence-electron chi connectivity index (χ0n) is 10.1. The third-order valence-electron chi connectivity index (χ3n) is 2.80. The van der Waals surface area contributed by atoms with Crippen molar-refractivity contribution in [3.8, 4) is 0 Å². The Labute approximate surface area is 120 Å². The van der Waals surface area contributed by atoms with Gasteiger partial charge >= 0.3 is 0 Å². The van der Waals surface area contributed by atoms with Crippen LogP contribution in [-0.2, 0) is 0 Å². The van der Waals surface area contributed by atoms with Crippen LogP contribution in [0.2, 0.25) is 10.0 Å². The van der Waals surface area contributed by atoms with Crippen LogP contribution < -0.4 is 5.32 Å². The summed E-state index contributed by atoms with van der Waals surface area (Å²) in [5.41, 5.74) is 0.880. The summed E-state index contributed by atoms with van der Waals surface area (Å²) in [7, 11) is 1.66. The molecule has 0 radical (unpaired) electrons. The average molecular weight is 302 g/mol. The minimum atomic E-state index is -0.883. The Kier molecular flexibility index (Phi) is 4.40. The number of hydrogen-bond donors (Lipinski definition) is 1. The van der Waals surface area contributed by atoms with Gasteiger partial charge in [0, 0.05) is 15.6 Å². The number of rotatable bonds is 3. The molecular formula is C14H11Cl2F2N. The highest BCUT2D eigenvalue weighted by molar-refractivity contribution is 6.34. The lowest BCUT2D eigenvalue weighted by atomic mass is 9.98. The summed E-state index contributed by atoms with van der Waals surface area (Å²) in [6, 6.07) is 8.46. The van der Waals surface area contributed by atoms with Crippen molar-refractivity contribution in [1.29, 1.82) is 0 Å². The number of hydrogen-bond acceptors (Lipinski definition) is 1. The molecule has 0 fully saturated rings. The van der Waals surface area contributed by atoms with E-state index in [2.05, 4.69) is 5.32 Å². The van der Waals surface area contributed by atoms with Gasteiger partial charge in [-0.3, -0.25) is 0 Å². The van der Waals surface area contributed by atoms with Crippen molar-refractivity contribution in [3.05, 3.63) is 69.2 Å². The third-order valence-corrected chi connectivity index (χ3v) is 3.24. The zero-order valence-corrected chi connectivity index (χ0v) is 11.6. The normalized spacial score (nSPS) is 12.5. The van der Waals surface area contributed by atoms with Gasteiger partial charge in [-0.05, 0) is 36.9 Å². The third kappa shape index (κ3) is 3.06. The van der Waals surface area contributed by atoms with Crippen molar-refractivity contribution in [2.45, 2.75) is 6.04 Å². The molecule has 0 aliphatic heterocycles. The van der Waals surface area contributed by atoms with Crippen LogP contribution in [0.4, 0.5) is 8.78 Å². The van der Waals surface area contributed by atoms with E-state index < -0.39 is 17.7 Å². The van der Waals surface area contributed by atoms with Crippen molar-refractivity contribution in [2.75, 3.05) is 7.05 Å². The maximum Gasteiger partial charge on any atom is 0.163 e. The molecule has 100 valence electrons. The Balaban J connectivity index is 2.53. The molecule has 0 saturated carbocycles. The maximum atomic E-state index is 13.8. The van der Waals surface area contributed by atoms with E-state index in [0.717, 1.165) is 6.07 Å². The fourth-order valence-electron chi connectivity index (χ4n) is 1.99. The molecule has 0 amide bonds. The average Bonchev–Trinajstić information content (AvgIpc) is 2.34. The molecule has 2 rings (SSSR count). The molecule has 0 spiro atoms. The van der Waals surface area contributed by atoms with Gasteiger partial charge in [0.25, 0.3) is 0 Å². The van der Waals surface area contributed by atoms with Crippen LogP contribution in [0.1, 0.15) is 17.2 Å². The summed E-state index contributed by atoms with van der Waals surface area (Å²) in [4.78, 5) is 0. The van der Waals surface area contributed by atoms with E-state index in [4.69, 9.17) is 23.2 Å². The van der Waals surface area contributed by atoms with Gasteiger partial charge in [0.05, 0.1) is 6.04 Å². The van der Waals surface area contributed by atoms with E-state index in [-0.39, 0.29) is 5.56 Å². The lowest BCUT2D eigenvalue weighted by molar-refractivity contribution is 0.487. The van der Waals surface area contributed by atoms with Gasteiger partial charge in [-0.2, -0.15) is 0 Å². The van der Waals surface area contributed by atoms with Crippen molar-refractivity contribution in [3.63, 3.8) is 0 Å². The van der Waals surface area contributed by atoms with Crippen LogP contribution in [-0.4, -0.2) is 7.05 Å². The quantitative estimate of drug-likeness (QED) is 0.875. The smallest absolute Gasteiger partial charge is 0.163 e. The molecule has 1 unspecified atom stereocenters. The molecule has 19 heavy (non-hydrogen) atoms. The van der Waals surface area contributed by atoms with Gasteiger partial charge in [-0.1, -0.05) is 35.3 Å². The van der Waals surface area contributed by atoms with Crippen molar-refractivity contribution in [2.24, 2.45) is 0 Å². The molecule has 5 heteroatoms. The highest BCUT2D eigenvalue weighted by Crippen LogP contribution is 2.29. The summed E-state index contributed by atoms with van der Waals surface area (Å²) in [5.74, 6) is -1.76. The fourth-order valence-corrected chi connectivity index (χ4v) is 2.53. The number of benzene rings is 2.